The Morgan fingerprint density at radius 2 is 1.83 bits per heavy atom. The molecule has 3 aromatic rings. The average molecular weight is 498 g/mol. The smallest absolute Gasteiger partial charge is 0.291 e. The highest BCUT2D eigenvalue weighted by Crippen LogP contribution is 2.25. The zero-order valence-electron chi connectivity index (χ0n) is 19.3. The summed E-state index contributed by atoms with van der Waals surface area (Å²) in [5.74, 6) is -0.161. The van der Waals surface area contributed by atoms with Gasteiger partial charge in [-0.3, -0.25) is 9.59 Å². The second-order valence-corrected chi connectivity index (χ2v) is 10.2. The number of carbonyl (C=O) groups excluding carboxylic acids is 2. The molecule has 35 heavy (non-hydrogen) atoms. The minimum absolute atomic E-state index is 0.137. The molecular weight excluding hydrogens is 470 g/mol. The number of rotatable bonds is 8. The standard InChI is InChI=1S/C25H27N3O6S/c1-33-21-10-12-22(13-11-21)35(31,32)28-14-2-4-19(17-28)24(29)26-16-18-6-8-20(9-7-18)27-25(30)23-5-3-15-34-23/h3,5-13,15,19H,2,4,14,16-17H2,1H3,(H,26,29)(H,27,30). The molecule has 0 spiro atoms. The molecule has 4 rings (SSSR count). The number of carbonyl (C=O) groups is 2. The van der Waals surface area contributed by atoms with Crippen LogP contribution in [0, 0.1) is 5.92 Å². The SMILES string of the molecule is COc1ccc(S(=O)(=O)N2CCCC(C(=O)NCc3ccc(NC(=O)c4ccco4)cc3)C2)cc1. The fraction of sp³-hybridized carbons (Fsp3) is 0.280. The van der Waals surface area contributed by atoms with Gasteiger partial charge >= 0.3 is 0 Å². The van der Waals surface area contributed by atoms with E-state index in [1.807, 2.05) is 0 Å². The molecule has 1 aliphatic rings. The first-order chi connectivity index (χ1) is 16.9. The van der Waals surface area contributed by atoms with Crippen LogP contribution in [0.3, 0.4) is 0 Å². The van der Waals surface area contributed by atoms with Crippen molar-refractivity contribution in [2.75, 3.05) is 25.5 Å². The van der Waals surface area contributed by atoms with Crippen molar-refractivity contribution in [3.05, 3.63) is 78.3 Å². The van der Waals surface area contributed by atoms with E-state index in [1.54, 1.807) is 48.5 Å². The number of methoxy groups -OCH3 is 1. The summed E-state index contributed by atoms with van der Waals surface area (Å²) < 4.78 is 37.6. The number of ether oxygens (including phenoxy) is 1. The van der Waals surface area contributed by atoms with Gasteiger partial charge in [-0.1, -0.05) is 12.1 Å². The number of nitrogens with zero attached hydrogens (tertiary/aromatic N) is 1. The van der Waals surface area contributed by atoms with Crippen LogP contribution < -0.4 is 15.4 Å². The lowest BCUT2D eigenvalue weighted by Crippen LogP contribution is -2.45. The van der Waals surface area contributed by atoms with E-state index in [4.69, 9.17) is 9.15 Å². The van der Waals surface area contributed by atoms with Crippen molar-refractivity contribution < 1.29 is 27.2 Å². The number of furan rings is 1. The van der Waals surface area contributed by atoms with Crippen molar-refractivity contribution in [2.45, 2.75) is 24.3 Å². The summed E-state index contributed by atoms with van der Waals surface area (Å²) >= 11 is 0. The molecule has 10 heteroatoms. The number of sulfonamides is 1. The van der Waals surface area contributed by atoms with E-state index in [0.29, 0.717) is 37.4 Å². The molecule has 0 radical (unpaired) electrons. The molecule has 184 valence electrons. The lowest BCUT2D eigenvalue weighted by atomic mass is 9.99. The fourth-order valence-electron chi connectivity index (χ4n) is 3.91. The highest BCUT2D eigenvalue weighted by Gasteiger charge is 2.33. The van der Waals surface area contributed by atoms with Crippen LogP contribution >= 0.6 is 0 Å². The van der Waals surface area contributed by atoms with Gasteiger partial charge in [0.25, 0.3) is 5.91 Å². The van der Waals surface area contributed by atoms with Crippen molar-refractivity contribution in [1.82, 2.24) is 9.62 Å². The van der Waals surface area contributed by atoms with Crippen LogP contribution in [0.1, 0.15) is 29.0 Å². The minimum Gasteiger partial charge on any atom is -0.497 e. The van der Waals surface area contributed by atoms with Gasteiger partial charge in [-0.2, -0.15) is 4.31 Å². The van der Waals surface area contributed by atoms with Crippen LogP contribution in [0.2, 0.25) is 0 Å². The second kappa shape index (κ2) is 10.7. The summed E-state index contributed by atoms with van der Waals surface area (Å²) in [4.78, 5) is 25.0. The molecule has 2 heterocycles. The molecule has 9 nitrogen and oxygen atoms in total. The summed E-state index contributed by atoms with van der Waals surface area (Å²) in [6.07, 6.45) is 2.66. The molecule has 2 N–H and O–H groups in total. The molecule has 1 fully saturated rings. The molecular formula is C25H27N3O6S. The van der Waals surface area contributed by atoms with Crippen molar-refractivity contribution in [3.63, 3.8) is 0 Å². The van der Waals surface area contributed by atoms with Gasteiger partial charge in [0.05, 0.1) is 24.2 Å². The Balaban J connectivity index is 1.31. The van der Waals surface area contributed by atoms with Crippen LogP contribution in [0.5, 0.6) is 5.75 Å². The van der Waals surface area contributed by atoms with Gasteiger partial charge in [0.2, 0.25) is 15.9 Å². The number of hydrogen-bond donors (Lipinski definition) is 2. The Hall–Kier alpha value is -3.63. The molecule has 1 saturated heterocycles. The molecule has 2 aromatic carbocycles. The van der Waals surface area contributed by atoms with Gasteiger partial charge in [0, 0.05) is 25.3 Å². The molecule has 1 aromatic heterocycles. The molecule has 2 amide bonds. The maximum atomic E-state index is 13.0. The van der Waals surface area contributed by atoms with Crippen LogP contribution in [0.15, 0.2) is 76.2 Å². The second-order valence-electron chi connectivity index (χ2n) is 8.22. The summed E-state index contributed by atoms with van der Waals surface area (Å²) in [6, 6.07) is 16.5. The van der Waals surface area contributed by atoms with Gasteiger partial charge in [-0.15, -0.1) is 0 Å². The number of anilines is 1. The van der Waals surface area contributed by atoms with E-state index in [-0.39, 0.29) is 29.0 Å². The highest BCUT2D eigenvalue weighted by molar-refractivity contribution is 7.89. The van der Waals surface area contributed by atoms with E-state index in [1.165, 1.54) is 29.8 Å². The van der Waals surface area contributed by atoms with Crippen LogP contribution in [-0.4, -0.2) is 44.7 Å². The normalized spacial score (nSPS) is 16.4. The van der Waals surface area contributed by atoms with Crippen LogP contribution in [-0.2, 0) is 21.4 Å². The Kier molecular flexibility index (Phi) is 7.52. The van der Waals surface area contributed by atoms with Crippen molar-refractivity contribution in [3.8, 4) is 5.75 Å². The average Bonchev–Trinajstić information content (AvgIpc) is 3.43. The molecule has 1 atom stereocenters. The number of amides is 2. The molecule has 0 saturated carbocycles. The number of benzene rings is 2. The third-order valence-electron chi connectivity index (χ3n) is 5.88. The minimum atomic E-state index is -3.70. The van der Waals surface area contributed by atoms with Gasteiger partial charge in [0.1, 0.15) is 5.75 Å². The Labute approximate surface area is 204 Å². The Morgan fingerprint density at radius 1 is 1.09 bits per heavy atom. The molecule has 1 unspecified atom stereocenters. The van der Waals surface area contributed by atoms with Gasteiger partial charge in [0.15, 0.2) is 5.76 Å². The van der Waals surface area contributed by atoms with Gasteiger partial charge in [-0.25, -0.2) is 8.42 Å². The lowest BCUT2D eigenvalue weighted by molar-refractivity contribution is -0.126. The van der Waals surface area contributed by atoms with Crippen LogP contribution in [0.25, 0.3) is 0 Å². The Bertz CT molecular complexity index is 1260. The maximum Gasteiger partial charge on any atom is 0.291 e. The van der Waals surface area contributed by atoms with Gasteiger partial charge < -0.3 is 19.8 Å². The van der Waals surface area contributed by atoms with Gasteiger partial charge in [-0.05, 0) is 66.9 Å². The zero-order valence-corrected chi connectivity index (χ0v) is 20.1. The highest BCUT2D eigenvalue weighted by atomic mass is 32.2. The predicted molar refractivity (Wildman–Crippen MR) is 129 cm³/mol. The third-order valence-corrected chi connectivity index (χ3v) is 7.76. The fourth-order valence-corrected chi connectivity index (χ4v) is 5.44. The van der Waals surface area contributed by atoms with E-state index in [9.17, 15) is 18.0 Å². The van der Waals surface area contributed by atoms with E-state index >= 15 is 0 Å². The first kappa shape index (κ1) is 24.5. The van der Waals surface area contributed by atoms with E-state index < -0.39 is 15.9 Å². The monoisotopic (exact) mass is 497 g/mol. The topological polar surface area (TPSA) is 118 Å². The summed E-state index contributed by atoms with van der Waals surface area (Å²) in [5, 5.41) is 5.64. The number of piperidine rings is 1. The number of hydrogen-bond acceptors (Lipinski definition) is 6. The van der Waals surface area contributed by atoms with Crippen molar-refractivity contribution >= 4 is 27.5 Å². The van der Waals surface area contributed by atoms with E-state index in [2.05, 4.69) is 10.6 Å². The molecule has 0 aliphatic carbocycles. The van der Waals surface area contributed by atoms with Crippen molar-refractivity contribution in [1.29, 1.82) is 0 Å². The molecule has 0 bridgehead atoms. The first-order valence-corrected chi connectivity index (χ1v) is 12.7. The summed E-state index contributed by atoms with van der Waals surface area (Å²) in [7, 11) is -2.18. The number of nitrogens with one attached hydrogen (secondary N) is 2. The summed E-state index contributed by atoms with van der Waals surface area (Å²) in [5.41, 5.74) is 1.46. The molecule has 1 aliphatic heterocycles. The Morgan fingerprint density at radius 3 is 2.49 bits per heavy atom. The largest absolute Gasteiger partial charge is 0.497 e. The first-order valence-electron chi connectivity index (χ1n) is 11.2. The van der Waals surface area contributed by atoms with Crippen LogP contribution in [0.4, 0.5) is 5.69 Å². The predicted octanol–water partition coefficient (Wildman–Crippen LogP) is 3.26. The zero-order chi connectivity index (χ0) is 24.8. The maximum absolute atomic E-state index is 13.0. The quantitative estimate of drug-likeness (QED) is 0.493. The lowest BCUT2D eigenvalue weighted by Gasteiger charge is -2.31. The summed E-state index contributed by atoms with van der Waals surface area (Å²) in [6.45, 7) is 0.814. The third kappa shape index (κ3) is 5.90. The van der Waals surface area contributed by atoms with E-state index in [0.717, 1.165) is 5.56 Å². The van der Waals surface area contributed by atoms with Crippen molar-refractivity contribution in [2.24, 2.45) is 5.92 Å².